The van der Waals surface area contributed by atoms with Gasteiger partial charge in [0.1, 0.15) is 23.1 Å². The summed E-state index contributed by atoms with van der Waals surface area (Å²) < 4.78 is 31.7. The van der Waals surface area contributed by atoms with E-state index in [4.69, 9.17) is 4.74 Å². The molecular formula is C18H20F2N2O2. The van der Waals surface area contributed by atoms with Crippen LogP contribution in [0.15, 0.2) is 42.5 Å². The molecule has 4 nitrogen and oxygen atoms in total. The second kappa shape index (κ2) is 8.98. The van der Waals surface area contributed by atoms with E-state index >= 15 is 0 Å². The van der Waals surface area contributed by atoms with Crippen molar-refractivity contribution in [1.82, 2.24) is 10.6 Å². The lowest BCUT2D eigenvalue weighted by atomic mass is 10.2. The van der Waals surface area contributed by atoms with E-state index in [0.29, 0.717) is 18.8 Å². The Bertz CT molecular complexity index is 655. The second-order valence-electron chi connectivity index (χ2n) is 5.36. The quantitative estimate of drug-likeness (QED) is 0.728. The molecule has 0 saturated heterocycles. The van der Waals surface area contributed by atoms with Crippen LogP contribution in [-0.4, -0.2) is 19.0 Å². The van der Waals surface area contributed by atoms with E-state index in [1.165, 1.54) is 6.92 Å². The number of rotatable bonds is 8. The molecule has 0 aliphatic heterocycles. The van der Waals surface area contributed by atoms with E-state index in [1.807, 2.05) is 12.1 Å². The predicted octanol–water partition coefficient (Wildman–Crippen LogP) is 3.37. The first kappa shape index (κ1) is 17.9. The molecule has 24 heavy (non-hydrogen) atoms. The lowest BCUT2D eigenvalue weighted by Gasteiger charge is -2.08. The number of benzene rings is 2. The predicted molar refractivity (Wildman–Crippen MR) is 87.9 cm³/mol. The fourth-order valence-corrected chi connectivity index (χ4v) is 2.11. The van der Waals surface area contributed by atoms with Crippen LogP contribution in [0.5, 0.6) is 11.5 Å². The molecule has 0 unspecified atom stereocenters. The van der Waals surface area contributed by atoms with Crippen molar-refractivity contribution in [2.24, 2.45) is 0 Å². The zero-order valence-electron chi connectivity index (χ0n) is 13.4. The molecule has 0 fully saturated rings. The summed E-state index contributed by atoms with van der Waals surface area (Å²) in [7, 11) is 0. The topological polar surface area (TPSA) is 50.4 Å². The molecule has 1 amide bonds. The van der Waals surface area contributed by atoms with Gasteiger partial charge in [-0.1, -0.05) is 12.1 Å². The minimum absolute atomic E-state index is 0.0243. The van der Waals surface area contributed by atoms with E-state index in [0.717, 1.165) is 36.7 Å². The summed E-state index contributed by atoms with van der Waals surface area (Å²) in [6.07, 6.45) is 0.853. The van der Waals surface area contributed by atoms with Crippen LogP contribution in [0.4, 0.5) is 8.78 Å². The molecular weight excluding hydrogens is 314 g/mol. The zero-order valence-corrected chi connectivity index (χ0v) is 13.4. The van der Waals surface area contributed by atoms with Crippen LogP contribution in [0.2, 0.25) is 0 Å². The molecule has 128 valence electrons. The van der Waals surface area contributed by atoms with Crippen molar-refractivity contribution in [3.63, 3.8) is 0 Å². The molecule has 0 atom stereocenters. The lowest BCUT2D eigenvalue weighted by Crippen LogP contribution is -2.24. The van der Waals surface area contributed by atoms with Crippen LogP contribution < -0.4 is 15.4 Å². The lowest BCUT2D eigenvalue weighted by molar-refractivity contribution is -0.118. The third-order valence-corrected chi connectivity index (χ3v) is 3.23. The number of carbonyl (C=O) groups excluding carboxylic acids is 1. The van der Waals surface area contributed by atoms with E-state index in [-0.39, 0.29) is 11.7 Å². The highest BCUT2D eigenvalue weighted by molar-refractivity contribution is 5.72. The van der Waals surface area contributed by atoms with E-state index in [2.05, 4.69) is 10.6 Å². The third-order valence-electron chi connectivity index (χ3n) is 3.23. The van der Waals surface area contributed by atoms with Gasteiger partial charge in [0.15, 0.2) is 0 Å². The van der Waals surface area contributed by atoms with Gasteiger partial charge < -0.3 is 15.4 Å². The normalized spacial score (nSPS) is 10.5. The number of amides is 1. The maximum absolute atomic E-state index is 13.1. The fourth-order valence-electron chi connectivity index (χ4n) is 2.11. The first-order valence-corrected chi connectivity index (χ1v) is 7.71. The van der Waals surface area contributed by atoms with Crippen molar-refractivity contribution < 1.29 is 18.3 Å². The molecule has 0 radical (unpaired) electrons. The Morgan fingerprint density at radius 1 is 1.00 bits per heavy atom. The molecule has 0 bridgehead atoms. The SMILES string of the molecule is CC(=O)NCCCNCc1ccc(Oc2cc(F)cc(F)c2)cc1. The maximum Gasteiger partial charge on any atom is 0.216 e. The Morgan fingerprint density at radius 2 is 1.67 bits per heavy atom. The first-order valence-electron chi connectivity index (χ1n) is 7.71. The van der Waals surface area contributed by atoms with Crippen LogP contribution in [-0.2, 0) is 11.3 Å². The summed E-state index contributed by atoms with van der Waals surface area (Å²) in [5.74, 6) is -0.746. The minimum atomic E-state index is -0.676. The maximum atomic E-state index is 13.1. The highest BCUT2D eigenvalue weighted by Crippen LogP contribution is 2.23. The number of carbonyl (C=O) groups is 1. The number of hydrogen-bond acceptors (Lipinski definition) is 3. The van der Waals surface area contributed by atoms with Gasteiger partial charge in [0, 0.05) is 38.2 Å². The van der Waals surface area contributed by atoms with E-state index < -0.39 is 11.6 Å². The van der Waals surface area contributed by atoms with Gasteiger partial charge in [-0.3, -0.25) is 4.79 Å². The molecule has 0 heterocycles. The molecule has 0 saturated carbocycles. The second-order valence-corrected chi connectivity index (χ2v) is 5.36. The molecule has 0 aliphatic carbocycles. The van der Waals surface area contributed by atoms with Crippen molar-refractivity contribution in [2.75, 3.05) is 13.1 Å². The van der Waals surface area contributed by atoms with Gasteiger partial charge in [-0.15, -0.1) is 0 Å². The molecule has 0 aliphatic rings. The average Bonchev–Trinajstić information content (AvgIpc) is 2.51. The van der Waals surface area contributed by atoms with Gasteiger partial charge in [0.25, 0.3) is 0 Å². The average molecular weight is 334 g/mol. The number of hydrogen-bond donors (Lipinski definition) is 2. The minimum Gasteiger partial charge on any atom is -0.457 e. The Morgan fingerprint density at radius 3 is 2.29 bits per heavy atom. The number of halogens is 2. The Balaban J connectivity index is 1.77. The zero-order chi connectivity index (χ0) is 17.4. The van der Waals surface area contributed by atoms with Gasteiger partial charge in [-0.05, 0) is 30.7 Å². The number of ether oxygens (including phenoxy) is 1. The third kappa shape index (κ3) is 6.34. The largest absolute Gasteiger partial charge is 0.457 e. The molecule has 2 aromatic carbocycles. The Hall–Kier alpha value is -2.47. The van der Waals surface area contributed by atoms with Crippen molar-refractivity contribution in [3.8, 4) is 11.5 Å². The summed E-state index contributed by atoms with van der Waals surface area (Å²) in [6.45, 7) is 3.63. The summed E-state index contributed by atoms with van der Waals surface area (Å²) in [6, 6.07) is 10.3. The Labute approximate surface area is 139 Å². The van der Waals surface area contributed by atoms with E-state index in [1.54, 1.807) is 12.1 Å². The van der Waals surface area contributed by atoms with Crippen molar-refractivity contribution in [3.05, 3.63) is 59.7 Å². The molecule has 0 aromatic heterocycles. The van der Waals surface area contributed by atoms with Gasteiger partial charge in [0.2, 0.25) is 5.91 Å². The fraction of sp³-hybridized carbons (Fsp3) is 0.278. The summed E-state index contributed by atoms with van der Waals surface area (Å²) in [5.41, 5.74) is 1.06. The highest BCUT2D eigenvalue weighted by Gasteiger charge is 2.03. The van der Waals surface area contributed by atoms with Gasteiger partial charge in [-0.2, -0.15) is 0 Å². The summed E-state index contributed by atoms with van der Waals surface area (Å²) in [4.78, 5) is 10.7. The summed E-state index contributed by atoms with van der Waals surface area (Å²) in [5, 5.41) is 6.00. The van der Waals surface area contributed by atoms with Crippen molar-refractivity contribution >= 4 is 5.91 Å². The smallest absolute Gasteiger partial charge is 0.216 e. The Kier molecular flexibility index (Phi) is 6.69. The van der Waals surface area contributed by atoms with Crippen LogP contribution in [0.3, 0.4) is 0 Å². The summed E-state index contributed by atoms with van der Waals surface area (Å²) >= 11 is 0. The van der Waals surface area contributed by atoms with Gasteiger partial charge in [-0.25, -0.2) is 8.78 Å². The van der Waals surface area contributed by atoms with Gasteiger partial charge >= 0.3 is 0 Å². The number of nitrogens with one attached hydrogen (secondary N) is 2. The highest BCUT2D eigenvalue weighted by atomic mass is 19.1. The van der Waals surface area contributed by atoms with E-state index in [9.17, 15) is 13.6 Å². The standard InChI is InChI=1S/C18H20F2N2O2/c1-13(23)22-8-2-7-21-12-14-3-5-17(6-4-14)24-18-10-15(19)9-16(20)11-18/h3-6,9-11,21H,2,7-8,12H2,1H3,(H,22,23). The van der Waals surface area contributed by atoms with Gasteiger partial charge in [0.05, 0.1) is 0 Å². The molecule has 6 heteroatoms. The van der Waals surface area contributed by atoms with Crippen LogP contribution in [0.1, 0.15) is 18.9 Å². The van der Waals surface area contributed by atoms with Crippen LogP contribution >= 0.6 is 0 Å². The van der Waals surface area contributed by atoms with Crippen LogP contribution in [0, 0.1) is 11.6 Å². The van der Waals surface area contributed by atoms with Crippen molar-refractivity contribution in [2.45, 2.75) is 19.9 Å². The molecule has 2 aromatic rings. The van der Waals surface area contributed by atoms with Crippen LogP contribution in [0.25, 0.3) is 0 Å². The first-order chi connectivity index (χ1) is 11.5. The molecule has 0 spiro atoms. The molecule has 2 rings (SSSR count). The monoisotopic (exact) mass is 334 g/mol. The van der Waals surface area contributed by atoms with Crippen molar-refractivity contribution in [1.29, 1.82) is 0 Å². The molecule has 2 N–H and O–H groups in total.